The van der Waals surface area contributed by atoms with Gasteiger partial charge >= 0.3 is 0 Å². The predicted octanol–water partition coefficient (Wildman–Crippen LogP) is 1.53. The van der Waals surface area contributed by atoms with E-state index in [4.69, 9.17) is 5.73 Å². The molecule has 0 radical (unpaired) electrons. The molecule has 1 fully saturated rings. The lowest BCUT2D eigenvalue weighted by Gasteiger charge is -2.22. The highest BCUT2D eigenvalue weighted by molar-refractivity contribution is 7.18. The van der Waals surface area contributed by atoms with Crippen LogP contribution in [0.15, 0.2) is 0 Å². The van der Waals surface area contributed by atoms with Crippen molar-refractivity contribution in [3.05, 3.63) is 4.88 Å². The van der Waals surface area contributed by atoms with Crippen molar-refractivity contribution in [2.45, 2.75) is 45.2 Å². The van der Waals surface area contributed by atoms with Crippen LogP contribution in [-0.2, 0) is 0 Å². The first kappa shape index (κ1) is 15.1. The van der Waals surface area contributed by atoms with Gasteiger partial charge in [-0.3, -0.25) is 4.79 Å². The van der Waals surface area contributed by atoms with Crippen LogP contribution in [0.2, 0.25) is 0 Å². The summed E-state index contributed by atoms with van der Waals surface area (Å²) in [6.07, 6.45) is 1.76. The summed E-state index contributed by atoms with van der Waals surface area (Å²) in [5.41, 5.74) is 5.73. The molecule has 20 heavy (non-hydrogen) atoms. The van der Waals surface area contributed by atoms with Crippen LogP contribution in [0.4, 0.5) is 10.9 Å². The van der Waals surface area contributed by atoms with E-state index in [9.17, 15) is 9.90 Å². The monoisotopic (exact) mass is 298 g/mol. The van der Waals surface area contributed by atoms with Gasteiger partial charge in [0.15, 0.2) is 5.13 Å². The van der Waals surface area contributed by atoms with Crippen molar-refractivity contribution in [2.24, 2.45) is 0 Å². The summed E-state index contributed by atoms with van der Waals surface area (Å²) in [4.78, 5) is 18.9. The first-order valence-electron chi connectivity index (χ1n) is 6.78. The van der Waals surface area contributed by atoms with Crippen LogP contribution >= 0.6 is 11.3 Å². The maximum absolute atomic E-state index is 12.5. The standard InChI is InChI=1S/C13H22N4O2S/c1-13(2,3)16-12-15-10(14)9(20-12)11(19)17-6-4-5-8(17)7-18/h8,18H,4-7,14H2,1-3H3,(H,15,16). The Balaban J connectivity index is 2.18. The largest absolute Gasteiger partial charge is 0.394 e. The number of nitrogen functional groups attached to an aromatic ring is 1. The van der Waals surface area contributed by atoms with E-state index in [2.05, 4.69) is 10.3 Å². The molecule has 1 aromatic rings. The van der Waals surface area contributed by atoms with Gasteiger partial charge in [-0.1, -0.05) is 11.3 Å². The summed E-state index contributed by atoms with van der Waals surface area (Å²) in [5.74, 6) is 0.133. The fourth-order valence-corrected chi connectivity index (χ4v) is 3.33. The van der Waals surface area contributed by atoms with E-state index in [1.54, 1.807) is 4.90 Å². The van der Waals surface area contributed by atoms with Crippen molar-refractivity contribution in [3.63, 3.8) is 0 Å². The zero-order valence-corrected chi connectivity index (χ0v) is 13.0. The molecule has 1 amide bonds. The molecule has 1 aliphatic rings. The molecule has 1 atom stereocenters. The molecule has 7 heteroatoms. The third-order valence-electron chi connectivity index (χ3n) is 3.18. The van der Waals surface area contributed by atoms with E-state index < -0.39 is 0 Å². The Morgan fingerprint density at radius 1 is 1.60 bits per heavy atom. The van der Waals surface area contributed by atoms with Gasteiger partial charge in [-0.15, -0.1) is 0 Å². The number of nitrogens with two attached hydrogens (primary N) is 1. The van der Waals surface area contributed by atoms with Gasteiger partial charge in [-0.2, -0.15) is 0 Å². The van der Waals surface area contributed by atoms with Gasteiger partial charge in [0, 0.05) is 12.1 Å². The number of carbonyl (C=O) groups excluding carboxylic acids is 1. The maximum atomic E-state index is 12.5. The Hall–Kier alpha value is -1.34. The topological polar surface area (TPSA) is 91.5 Å². The van der Waals surface area contributed by atoms with Crippen molar-refractivity contribution in [2.75, 3.05) is 24.2 Å². The zero-order valence-electron chi connectivity index (χ0n) is 12.1. The number of aliphatic hydroxyl groups is 1. The molecule has 4 N–H and O–H groups in total. The van der Waals surface area contributed by atoms with Crippen LogP contribution in [0.3, 0.4) is 0 Å². The minimum absolute atomic E-state index is 0.00243. The number of carbonyl (C=O) groups is 1. The van der Waals surface area contributed by atoms with Gasteiger partial charge in [-0.05, 0) is 33.6 Å². The molecule has 1 aromatic heterocycles. The number of anilines is 2. The van der Waals surface area contributed by atoms with Crippen LogP contribution < -0.4 is 11.1 Å². The molecule has 0 aromatic carbocycles. The number of aromatic nitrogens is 1. The van der Waals surface area contributed by atoms with E-state index in [-0.39, 0.29) is 29.9 Å². The second-order valence-electron chi connectivity index (χ2n) is 6.09. The van der Waals surface area contributed by atoms with Crippen molar-refractivity contribution in [1.82, 2.24) is 9.88 Å². The molecule has 0 spiro atoms. The quantitative estimate of drug-likeness (QED) is 0.787. The van der Waals surface area contributed by atoms with Crippen LogP contribution in [0.5, 0.6) is 0 Å². The van der Waals surface area contributed by atoms with E-state index in [0.717, 1.165) is 12.8 Å². The van der Waals surface area contributed by atoms with Crippen LogP contribution in [0, 0.1) is 0 Å². The average Bonchev–Trinajstić information content (AvgIpc) is 2.92. The molecule has 1 aliphatic heterocycles. The molecule has 1 saturated heterocycles. The molecule has 112 valence electrons. The molecule has 0 bridgehead atoms. The van der Waals surface area contributed by atoms with E-state index in [1.807, 2.05) is 20.8 Å². The first-order chi connectivity index (χ1) is 9.31. The Labute approximate surface area is 123 Å². The average molecular weight is 298 g/mol. The van der Waals surface area contributed by atoms with Gasteiger partial charge in [-0.25, -0.2) is 4.98 Å². The fraction of sp³-hybridized carbons (Fsp3) is 0.692. The summed E-state index contributed by atoms with van der Waals surface area (Å²) in [7, 11) is 0. The SMILES string of the molecule is CC(C)(C)Nc1nc(N)c(C(=O)N2CCCC2CO)s1. The lowest BCUT2D eigenvalue weighted by molar-refractivity contribution is 0.0683. The maximum Gasteiger partial charge on any atom is 0.268 e. The fourth-order valence-electron chi connectivity index (χ4n) is 2.28. The van der Waals surface area contributed by atoms with Gasteiger partial charge in [0.2, 0.25) is 0 Å². The molecule has 6 nitrogen and oxygen atoms in total. The highest BCUT2D eigenvalue weighted by Crippen LogP contribution is 2.30. The normalized spacial score (nSPS) is 19.4. The predicted molar refractivity (Wildman–Crippen MR) is 81.0 cm³/mol. The van der Waals surface area contributed by atoms with Gasteiger partial charge < -0.3 is 21.1 Å². The highest BCUT2D eigenvalue weighted by atomic mass is 32.1. The summed E-state index contributed by atoms with van der Waals surface area (Å²) >= 11 is 1.27. The number of hydrogen-bond acceptors (Lipinski definition) is 6. The van der Waals surface area contributed by atoms with E-state index in [1.165, 1.54) is 11.3 Å². The van der Waals surface area contributed by atoms with Gasteiger partial charge in [0.05, 0.1) is 12.6 Å². The van der Waals surface area contributed by atoms with Crippen molar-refractivity contribution in [3.8, 4) is 0 Å². The smallest absolute Gasteiger partial charge is 0.268 e. The summed E-state index contributed by atoms with van der Waals surface area (Å²) in [6.45, 7) is 6.73. The minimum Gasteiger partial charge on any atom is -0.394 e. The molecule has 1 unspecified atom stereocenters. The zero-order chi connectivity index (χ0) is 14.9. The van der Waals surface area contributed by atoms with Crippen molar-refractivity contribution < 1.29 is 9.90 Å². The van der Waals surface area contributed by atoms with Crippen LogP contribution in [0.25, 0.3) is 0 Å². The van der Waals surface area contributed by atoms with Crippen LogP contribution in [0.1, 0.15) is 43.3 Å². The third-order valence-corrected chi connectivity index (χ3v) is 4.15. The second-order valence-corrected chi connectivity index (χ2v) is 7.08. The number of likely N-dealkylation sites (tertiary alicyclic amines) is 1. The lowest BCUT2D eigenvalue weighted by atomic mass is 10.1. The summed E-state index contributed by atoms with van der Waals surface area (Å²) < 4.78 is 0. The Morgan fingerprint density at radius 2 is 2.30 bits per heavy atom. The number of aliphatic hydroxyl groups excluding tert-OH is 1. The summed E-state index contributed by atoms with van der Waals surface area (Å²) in [5, 5.41) is 13.2. The highest BCUT2D eigenvalue weighted by Gasteiger charge is 2.31. The number of nitrogens with zero attached hydrogens (tertiary/aromatic N) is 2. The Kier molecular flexibility index (Phi) is 4.19. The van der Waals surface area contributed by atoms with E-state index >= 15 is 0 Å². The molecule has 0 aliphatic carbocycles. The molecule has 2 heterocycles. The summed E-state index contributed by atoms with van der Waals surface area (Å²) in [6, 6.07) is -0.0944. The number of amides is 1. The number of rotatable bonds is 3. The Morgan fingerprint density at radius 3 is 2.90 bits per heavy atom. The second kappa shape index (κ2) is 5.57. The lowest BCUT2D eigenvalue weighted by Crippen LogP contribution is -2.37. The van der Waals surface area contributed by atoms with Gasteiger partial charge in [0.1, 0.15) is 10.7 Å². The van der Waals surface area contributed by atoms with E-state index in [0.29, 0.717) is 16.6 Å². The molecule has 2 rings (SSSR count). The van der Waals surface area contributed by atoms with Crippen molar-refractivity contribution in [1.29, 1.82) is 0 Å². The molecular weight excluding hydrogens is 276 g/mol. The first-order valence-corrected chi connectivity index (χ1v) is 7.60. The molecule has 0 saturated carbocycles. The van der Waals surface area contributed by atoms with Gasteiger partial charge in [0.25, 0.3) is 5.91 Å². The third kappa shape index (κ3) is 3.21. The van der Waals surface area contributed by atoms with Crippen LogP contribution in [-0.4, -0.2) is 45.6 Å². The Bertz CT molecular complexity index is 495. The number of thiazole rings is 1. The van der Waals surface area contributed by atoms with Crippen molar-refractivity contribution >= 4 is 28.2 Å². The number of hydrogen-bond donors (Lipinski definition) is 3. The minimum atomic E-state index is -0.133. The molecular formula is C13H22N4O2S. The number of nitrogens with one attached hydrogen (secondary N) is 1.